The van der Waals surface area contributed by atoms with Crippen molar-refractivity contribution in [3.63, 3.8) is 0 Å². The fourth-order valence-corrected chi connectivity index (χ4v) is 10.7. The number of hydrogen-bond acceptors (Lipinski definition) is 11. The molecule has 0 aromatic rings. The first-order valence-electron chi connectivity index (χ1n) is 32.2. The first-order chi connectivity index (χ1) is 37.6. The molecule has 0 saturated heterocycles. The van der Waals surface area contributed by atoms with Gasteiger partial charge >= 0.3 is 11.9 Å². The topological polar surface area (TPSA) is 203 Å². The lowest BCUT2D eigenvalue weighted by atomic mass is 10.0. The highest BCUT2D eigenvalue weighted by molar-refractivity contribution is 7.99. The summed E-state index contributed by atoms with van der Waals surface area (Å²) in [7, 11) is 0. The first kappa shape index (κ1) is 74.3. The van der Waals surface area contributed by atoms with Crippen LogP contribution in [0.2, 0.25) is 0 Å². The molecule has 0 aliphatic rings. The Morgan fingerprint density at radius 3 is 1.22 bits per heavy atom. The van der Waals surface area contributed by atoms with Gasteiger partial charge in [-0.2, -0.15) is 11.8 Å². The Hall–Kier alpha value is -2.71. The van der Waals surface area contributed by atoms with Crippen molar-refractivity contribution < 1.29 is 43.3 Å². The van der Waals surface area contributed by atoms with Crippen LogP contribution < -0.4 is 21.7 Å². The number of rotatable bonds is 60. The molecule has 0 heterocycles. The number of nitrogens with one attached hydrogen (secondary N) is 3. The van der Waals surface area contributed by atoms with Crippen LogP contribution in [0.15, 0.2) is 0 Å². The number of aliphatic hydroxyl groups is 1. The van der Waals surface area contributed by atoms with Gasteiger partial charge in [0.25, 0.3) is 0 Å². The molecule has 1 radical (unpaired) electrons. The third-order valence-electron chi connectivity index (χ3n) is 14.7. The minimum Gasteiger partial charge on any atom is -0.462 e. The summed E-state index contributed by atoms with van der Waals surface area (Å²) in [5.74, 6) is -2.19. The van der Waals surface area contributed by atoms with Crippen molar-refractivity contribution in [2.45, 2.75) is 334 Å². The minimum atomic E-state index is -1.38. The molecule has 0 aromatic carbocycles. The molecule has 0 bridgehead atoms. The van der Waals surface area contributed by atoms with Crippen LogP contribution >= 0.6 is 11.8 Å². The Balaban J connectivity index is 5.53. The highest BCUT2D eigenvalue weighted by atomic mass is 32.2. The molecule has 4 atom stereocenters. The lowest BCUT2D eigenvalue weighted by molar-refractivity contribution is -0.157. The zero-order chi connectivity index (χ0) is 56.5. The zero-order valence-corrected chi connectivity index (χ0v) is 50.7. The second-order valence-corrected chi connectivity index (χ2v) is 23.2. The highest BCUT2D eigenvalue weighted by Gasteiger charge is 2.29. The lowest BCUT2D eigenvalue weighted by Gasteiger charge is -2.24. The van der Waals surface area contributed by atoms with E-state index in [4.69, 9.17) is 15.2 Å². The molecule has 0 rings (SSSR count). The molecule has 0 aliphatic heterocycles. The molecule has 0 aromatic heterocycles. The van der Waals surface area contributed by atoms with E-state index in [1.165, 1.54) is 192 Å². The molecule has 0 aliphatic carbocycles. The standard InChI is InChI=1S/C63H119N4O9S/c1-4-7-10-13-16-19-22-25-28-31-34-37-40-46-59(70)66-58(63(74)67-57(51-69)62(73)65-55(50-68)45-43-44-49-64)54-77-53-56(76-61(72)48-42-39-36-33-30-27-24-21-18-15-12-9-6-3)52-75-60(71)47-41-38-35-32-29-26-23-20-17-14-11-8-5-2/h55-58,69H,4-49,51-54,64H2,1-3H3,(H,65,73)(H,66,70)(H,67,74)/t55-,56?,57-,58-/m0/s1. The first-order valence-corrected chi connectivity index (χ1v) is 33.3. The van der Waals surface area contributed by atoms with E-state index in [0.29, 0.717) is 38.6 Å². The van der Waals surface area contributed by atoms with Gasteiger partial charge < -0.3 is 36.3 Å². The largest absolute Gasteiger partial charge is 0.462 e. The molecule has 0 fully saturated rings. The normalized spacial score (nSPS) is 12.9. The minimum absolute atomic E-state index is 0.0551. The summed E-state index contributed by atoms with van der Waals surface area (Å²) < 4.78 is 11.6. The molecule has 13 nitrogen and oxygen atoms in total. The number of carbonyl (C=O) groups excluding carboxylic acids is 6. The summed E-state index contributed by atoms with van der Waals surface area (Å²) in [6.07, 6.45) is 49.9. The van der Waals surface area contributed by atoms with Crippen molar-refractivity contribution in [3.8, 4) is 0 Å². The van der Waals surface area contributed by atoms with Crippen LogP contribution in [0.1, 0.15) is 310 Å². The lowest BCUT2D eigenvalue weighted by Crippen LogP contribution is -2.57. The van der Waals surface area contributed by atoms with Crippen LogP contribution in [-0.4, -0.2) is 96.5 Å². The number of carbonyl (C=O) groups is 5. The summed E-state index contributed by atoms with van der Waals surface area (Å²) in [6, 6.07) is -3.42. The number of hydrogen-bond donors (Lipinski definition) is 5. The number of thioether (sulfide) groups is 1. The van der Waals surface area contributed by atoms with Gasteiger partial charge in [-0.1, -0.05) is 252 Å². The average Bonchev–Trinajstić information content (AvgIpc) is 3.42. The third kappa shape index (κ3) is 50.0. The predicted octanol–water partition coefficient (Wildman–Crippen LogP) is 14.3. The second-order valence-electron chi connectivity index (χ2n) is 22.1. The summed E-state index contributed by atoms with van der Waals surface area (Å²) in [6.45, 7) is 6.32. The molecular weight excluding hydrogens is 989 g/mol. The molecule has 14 heteroatoms. The number of nitrogens with two attached hydrogens (primary N) is 1. The van der Waals surface area contributed by atoms with Gasteiger partial charge in [0.05, 0.1) is 12.6 Å². The maximum absolute atomic E-state index is 13.9. The SMILES string of the molecule is CCCCCCCCCCCCCCCC(=O)N[C@@H](CSCC(COC(=O)CCCCCCCCCCCCCCC)OC(=O)CCCCCCCCCCCCCCC)C(=O)N[C@@H](CO)C(=O)N[C@H]([C]=O)CCCCN. The number of aliphatic hydroxyl groups excluding tert-OH is 1. The molecule has 77 heavy (non-hydrogen) atoms. The molecule has 1 unspecified atom stereocenters. The fourth-order valence-electron chi connectivity index (χ4n) is 9.66. The molecular formula is C63H119N4O9S. The van der Waals surface area contributed by atoms with Crippen LogP contribution in [0, 0.1) is 0 Å². The van der Waals surface area contributed by atoms with Crippen LogP contribution in [0.5, 0.6) is 0 Å². The van der Waals surface area contributed by atoms with Crippen LogP contribution in [0.25, 0.3) is 0 Å². The monoisotopic (exact) mass is 1110 g/mol. The van der Waals surface area contributed by atoms with Crippen molar-refractivity contribution in [2.24, 2.45) is 5.73 Å². The fraction of sp³-hybridized carbons (Fsp3) is 0.905. The summed E-state index contributed by atoms with van der Waals surface area (Å²) in [5, 5.41) is 18.2. The van der Waals surface area contributed by atoms with E-state index in [2.05, 4.69) is 36.7 Å². The molecule has 0 saturated carbocycles. The van der Waals surface area contributed by atoms with Crippen molar-refractivity contribution in [1.29, 1.82) is 0 Å². The van der Waals surface area contributed by atoms with Crippen LogP contribution in [-0.2, 0) is 38.2 Å². The van der Waals surface area contributed by atoms with Gasteiger partial charge in [-0.25, -0.2) is 0 Å². The van der Waals surface area contributed by atoms with Crippen LogP contribution in [0.4, 0.5) is 0 Å². The van der Waals surface area contributed by atoms with Gasteiger partial charge in [0.15, 0.2) is 0 Å². The summed E-state index contributed by atoms with van der Waals surface area (Å²) in [4.78, 5) is 78.2. The maximum atomic E-state index is 13.9. The van der Waals surface area contributed by atoms with Crippen molar-refractivity contribution >= 4 is 47.7 Å². The van der Waals surface area contributed by atoms with Crippen molar-refractivity contribution in [1.82, 2.24) is 16.0 Å². The molecule has 3 amide bonds. The third-order valence-corrected chi connectivity index (χ3v) is 15.8. The van der Waals surface area contributed by atoms with E-state index >= 15 is 0 Å². The van der Waals surface area contributed by atoms with Gasteiger partial charge in [0, 0.05) is 30.8 Å². The van der Waals surface area contributed by atoms with Crippen LogP contribution in [0.3, 0.4) is 0 Å². The van der Waals surface area contributed by atoms with E-state index < -0.39 is 42.7 Å². The van der Waals surface area contributed by atoms with Gasteiger partial charge in [-0.15, -0.1) is 0 Å². The molecule has 451 valence electrons. The maximum Gasteiger partial charge on any atom is 0.306 e. The number of amides is 3. The van der Waals surface area contributed by atoms with Gasteiger partial charge in [-0.05, 0) is 45.1 Å². The Kier molecular flexibility index (Phi) is 55.9. The van der Waals surface area contributed by atoms with E-state index in [9.17, 15) is 33.9 Å². The van der Waals surface area contributed by atoms with E-state index in [-0.39, 0.29) is 55.2 Å². The number of esters is 2. The Labute approximate surface area is 475 Å². The molecule has 6 N–H and O–H groups in total. The van der Waals surface area contributed by atoms with E-state index in [1.54, 1.807) is 0 Å². The van der Waals surface area contributed by atoms with Crippen molar-refractivity contribution in [2.75, 3.05) is 31.3 Å². The zero-order valence-electron chi connectivity index (χ0n) is 49.9. The predicted molar refractivity (Wildman–Crippen MR) is 321 cm³/mol. The quantitative estimate of drug-likeness (QED) is 0.0286. The Morgan fingerprint density at radius 2 is 0.831 bits per heavy atom. The summed E-state index contributed by atoms with van der Waals surface area (Å²) >= 11 is 1.27. The highest BCUT2D eigenvalue weighted by Crippen LogP contribution is 2.18. The van der Waals surface area contributed by atoms with Gasteiger partial charge in [0.1, 0.15) is 24.8 Å². The van der Waals surface area contributed by atoms with Crippen molar-refractivity contribution in [3.05, 3.63) is 0 Å². The smallest absolute Gasteiger partial charge is 0.306 e. The summed E-state index contributed by atoms with van der Waals surface area (Å²) in [5.41, 5.74) is 5.59. The number of ether oxygens (including phenoxy) is 2. The van der Waals surface area contributed by atoms with Gasteiger partial charge in [-0.3, -0.25) is 28.8 Å². The molecule has 0 spiro atoms. The Morgan fingerprint density at radius 1 is 0.455 bits per heavy atom. The second kappa shape index (κ2) is 58.0. The van der Waals surface area contributed by atoms with E-state index in [0.717, 1.165) is 57.8 Å². The number of unbranched alkanes of at least 4 members (excludes halogenated alkanes) is 37. The van der Waals surface area contributed by atoms with E-state index in [1.807, 2.05) is 6.29 Å². The average molecular weight is 1110 g/mol. The Bertz CT molecular complexity index is 1390. The van der Waals surface area contributed by atoms with Gasteiger partial charge in [0.2, 0.25) is 24.0 Å².